The molecule has 108 valence electrons. The number of hydrogen-bond acceptors (Lipinski definition) is 5. The number of para-hydroxylation sites is 1. The Labute approximate surface area is 114 Å². The molecule has 0 aromatic heterocycles. The van der Waals surface area contributed by atoms with Crippen LogP contribution in [0.5, 0.6) is 0 Å². The standard InChI is InChI=1S/C12H21N3O3S/c1-15(2)19(17,18)11-7-5-6-10(12(11)13)14-8-3-4-9-16/h5-7,14,16H,3-4,8-9,13H2,1-2H3. The lowest BCUT2D eigenvalue weighted by Gasteiger charge is -2.16. The first-order chi connectivity index (χ1) is 8.91. The van der Waals surface area contributed by atoms with Gasteiger partial charge in [-0.2, -0.15) is 0 Å². The second-order valence-corrected chi connectivity index (χ2v) is 6.48. The molecular weight excluding hydrogens is 266 g/mol. The van der Waals surface area contributed by atoms with Crippen LogP contribution in [0.4, 0.5) is 11.4 Å². The Hall–Kier alpha value is -1.31. The SMILES string of the molecule is CN(C)S(=O)(=O)c1cccc(NCCCCO)c1N. The van der Waals surface area contributed by atoms with Crippen LogP contribution in [0.3, 0.4) is 0 Å². The third-order valence-corrected chi connectivity index (χ3v) is 4.60. The van der Waals surface area contributed by atoms with Crippen molar-refractivity contribution in [1.82, 2.24) is 4.31 Å². The van der Waals surface area contributed by atoms with Gasteiger partial charge < -0.3 is 16.2 Å². The molecule has 0 unspecified atom stereocenters. The Morgan fingerprint density at radius 2 is 2.00 bits per heavy atom. The minimum atomic E-state index is -3.54. The van der Waals surface area contributed by atoms with E-state index in [9.17, 15) is 8.42 Å². The van der Waals surface area contributed by atoms with Crippen LogP contribution in [0.1, 0.15) is 12.8 Å². The molecule has 4 N–H and O–H groups in total. The minimum absolute atomic E-state index is 0.102. The van der Waals surface area contributed by atoms with E-state index in [1.165, 1.54) is 20.2 Å². The van der Waals surface area contributed by atoms with Crippen LogP contribution in [-0.2, 0) is 10.0 Å². The van der Waals surface area contributed by atoms with Crippen molar-refractivity contribution in [2.24, 2.45) is 0 Å². The molecule has 0 amide bonds. The molecule has 0 saturated carbocycles. The zero-order valence-corrected chi connectivity index (χ0v) is 12.1. The molecule has 0 radical (unpaired) electrons. The maximum Gasteiger partial charge on any atom is 0.244 e. The third kappa shape index (κ3) is 3.82. The van der Waals surface area contributed by atoms with Gasteiger partial charge in [-0.1, -0.05) is 6.07 Å². The van der Waals surface area contributed by atoms with Crippen LogP contribution in [0.25, 0.3) is 0 Å². The van der Waals surface area contributed by atoms with E-state index < -0.39 is 10.0 Å². The Balaban J connectivity index is 2.93. The molecule has 19 heavy (non-hydrogen) atoms. The highest BCUT2D eigenvalue weighted by Gasteiger charge is 2.21. The number of nitrogens with zero attached hydrogens (tertiary/aromatic N) is 1. The monoisotopic (exact) mass is 287 g/mol. The maximum atomic E-state index is 12.1. The molecule has 1 rings (SSSR count). The first-order valence-corrected chi connectivity index (χ1v) is 7.51. The van der Waals surface area contributed by atoms with Gasteiger partial charge in [-0.05, 0) is 25.0 Å². The van der Waals surface area contributed by atoms with E-state index in [1.807, 2.05) is 0 Å². The van der Waals surface area contributed by atoms with E-state index in [0.717, 1.165) is 10.7 Å². The highest BCUT2D eigenvalue weighted by Crippen LogP contribution is 2.28. The summed E-state index contributed by atoms with van der Waals surface area (Å²) in [5.41, 5.74) is 6.72. The summed E-state index contributed by atoms with van der Waals surface area (Å²) in [6, 6.07) is 4.88. The summed E-state index contributed by atoms with van der Waals surface area (Å²) in [5, 5.41) is 11.8. The number of rotatable bonds is 7. The molecule has 0 bridgehead atoms. The second kappa shape index (κ2) is 6.74. The van der Waals surface area contributed by atoms with Gasteiger partial charge in [-0.15, -0.1) is 0 Å². The van der Waals surface area contributed by atoms with Crippen molar-refractivity contribution in [1.29, 1.82) is 0 Å². The third-order valence-electron chi connectivity index (χ3n) is 2.73. The molecule has 1 aromatic rings. The molecular formula is C12H21N3O3S. The molecule has 0 fully saturated rings. The zero-order valence-electron chi connectivity index (χ0n) is 11.3. The van der Waals surface area contributed by atoms with E-state index in [2.05, 4.69) is 5.32 Å². The molecule has 0 aliphatic carbocycles. The summed E-state index contributed by atoms with van der Waals surface area (Å²) in [6.07, 6.45) is 1.49. The Kier molecular flexibility index (Phi) is 5.59. The maximum absolute atomic E-state index is 12.1. The molecule has 0 aliphatic rings. The summed E-state index contributed by atoms with van der Waals surface area (Å²) in [7, 11) is -0.600. The van der Waals surface area contributed by atoms with Gasteiger partial charge in [-0.25, -0.2) is 12.7 Å². The van der Waals surface area contributed by atoms with Crippen LogP contribution in [0.2, 0.25) is 0 Å². The van der Waals surface area contributed by atoms with Crippen molar-refractivity contribution in [3.8, 4) is 0 Å². The van der Waals surface area contributed by atoms with E-state index in [4.69, 9.17) is 10.8 Å². The molecule has 0 atom stereocenters. The number of aliphatic hydroxyl groups excluding tert-OH is 1. The average Bonchev–Trinajstić information content (AvgIpc) is 2.36. The van der Waals surface area contributed by atoms with E-state index >= 15 is 0 Å². The van der Waals surface area contributed by atoms with Crippen molar-refractivity contribution in [3.05, 3.63) is 18.2 Å². The fraction of sp³-hybridized carbons (Fsp3) is 0.500. The summed E-state index contributed by atoms with van der Waals surface area (Å²) in [4.78, 5) is 0.102. The zero-order chi connectivity index (χ0) is 14.5. The van der Waals surface area contributed by atoms with Crippen LogP contribution in [0.15, 0.2) is 23.1 Å². The number of hydrogen-bond donors (Lipinski definition) is 3. The second-order valence-electron chi connectivity index (χ2n) is 4.36. The lowest BCUT2D eigenvalue weighted by Crippen LogP contribution is -2.23. The number of nitrogens with one attached hydrogen (secondary N) is 1. The topological polar surface area (TPSA) is 95.7 Å². The summed E-state index contributed by atoms with van der Waals surface area (Å²) >= 11 is 0. The van der Waals surface area contributed by atoms with Crippen molar-refractivity contribution >= 4 is 21.4 Å². The molecule has 0 saturated heterocycles. The van der Waals surface area contributed by atoms with Gasteiger partial charge in [0.1, 0.15) is 4.90 Å². The van der Waals surface area contributed by atoms with Crippen LogP contribution < -0.4 is 11.1 Å². The lowest BCUT2D eigenvalue weighted by atomic mass is 10.2. The van der Waals surface area contributed by atoms with Crippen LogP contribution in [-0.4, -0.2) is 45.1 Å². The van der Waals surface area contributed by atoms with Crippen molar-refractivity contribution in [2.45, 2.75) is 17.7 Å². The fourth-order valence-corrected chi connectivity index (χ4v) is 2.61. The van der Waals surface area contributed by atoms with Crippen molar-refractivity contribution in [3.63, 3.8) is 0 Å². The normalized spacial score (nSPS) is 11.8. The first-order valence-electron chi connectivity index (χ1n) is 6.07. The number of nitrogen functional groups attached to an aromatic ring is 1. The molecule has 0 aliphatic heterocycles. The van der Waals surface area contributed by atoms with Crippen molar-refractivity contribution < 1.29 is 13.5 Å². The lowest BCUT2D eigenvalue weighted by molar-refractivity contribution is 0.286. The predicted molar refractivity (Wildman–Crippen MR) is 76.5 cm³/mol. The molecule has 6 nitrogen and oxygen atoms in total. The highest BCUT2D eigenvalue weighted by molar-refractivity contribution is 7.89. The van der Waals surface area contributed by atoms with Gasteiger partial charge in [0.05, 0.1) is 11.4 Å². The first kappa shape index (κ1) is 15.7. The Morgan fingerprint density at radius 3 is 2.58 bits per heavy atom. The van der Waals surface area contributed by atoms with Gasteiger partial charge in [0.2, 0.25) is 10.0 Å². The summed E-state index contributed by atoms with van der Waals surface area (Å²) in [6.45, 7) is 0.780. The number of benzene rings is 1. The number of aliphatic hydroxyl groups is 1. The van der Waals surface area contributed by atoms with E-state index in [1.54, 1.807) is 12.1 Å². The van der Waals surface area contributed by atoms with Gasteiger partial charge in [-0.3, -0.25) is 0 Å². The summed E-state index contributed by atoms with van der Waals surface area (Å²) in [5.74, 6) is 0. The van der Waals surface area contributed by atoms with Crippen molar-refractivity contribution in [2.75, 3.05) is 38.3 Å². The van der Waals surface area contributed by atoms with Gasteiger partial charge in [0, 0.05) is 27.2 Å². The largest absolute Gasteiger partial charge is 0.396 e. The minimum Gasteiger partial charge on any atom is -0.396 e. The number of nitrogens with two attached hydrogens (primary N) is 1. The number of sulfonamides is 1. The molecule has 1 aromatic carbocycles. The van der Waals surface area contributed by atoms with Gasteiger partial charge in [0.25, 0.3) is 0 Å². The molecule has 0 spiro atoms. The average molecular weight is 287 g/mol. The van der Waals surface area contributed by atoms with Gasteiger partial charge in [0.15, 0.2) is 0 Å². The summed E-state index contributed by atoms with van der Waals surface area (Å²) < 4.78 is 25.3. The van der Waals surface area contributed by atoms with Crippen LogP contribution >= 0.6 is 0 Å². The van der Waals surface area contributed by atoms with E-state index in [-0.39, 0.29) is 17.2 Å². The van der Waals surface area contributed by atoms with Crippen LogP contribution in [0, 0.1) is 0 Å². The Bertz CT molecular complexity index is 515. The molecule has 0 heterocycles. The quantitative estimate of drug-likeness (QED) is 0.507. The highest BCUT2D eigenvalue weighted by atomic mass is 32.2. The van der Waals surface area contributed by atoms with Gasteiger partial charge >= 0.3 is 0 Å². The molecule has 7 heteroatoms. The Morgan fingerprint density at radius 1 is 1.32 bits per heavy atom. The number of unbranched alkanes of at least 4 members (excludes halogenated alkanes) is 1. The van der Waals surface area contributed by atoms with E-state index in [0.29, 0.717) is 18.7 Å². The number of anilines is 2. The predicted octanol–water partition coefficient (Wildman–Crippen LogP) is 0.704. The smallest absolute Gasteiger partial charge is 0.244 e. The fourth-order valence-electron chi connectivity index (χ4n) is 1.58.